The maximum atomic E-state index is 12.2. The number of carbonyl (C=O) groups is 1. The summed E-state index contributed by atoms with van der Waals surface area (Å²) in [5.74, 6) is 0. The maximum absolute atomic E-state index is 12.2. The van der Waals surface area contributed by atoms with Crippen LogP contribution in [-0.2, 0) is 0 Å². The Morgan fingerprint density at radius 3 is 2.57 bits per heavy atom. The van der Waals surface area contributed by atoms with Crippen molar-refractivity contribution in [3.8, 4) is 0 Å². The molecule has 6 heteroatoms. The number of pyridine rings is 1. The predicted octanol–water partition coefficient (Wildman–Crippen LogP) is 5.49. The van der Waals surface area contributed by atoms with Gasteiger partial charge in [-0.2, -0.15) is 0 Å². The summed E-state index contributed by atoms with van der Waals surface area (Å²) in [6.07, 6.45) is 0. The molecule has 2 amide bonds. The zero-order chi connectivity index (χ0) is 16.4. The fourth-order valence-corrected chi connectivity index (χ4v) is 2.57. The molecule has 1 heterocycles. The molecule has 0 spiro atoms. The van der Waals surface area contributed by atoms with Crippen LogP contribution in [0.1, 0.15) is 5.69 Å². The third-order valence-corrected chi connectivity index (χ3v) is 4.01. The lowest BCUT2D eigenvalue weighted by atomic mass is 10.1. The second-order valence-electron chi connectivity index (χ2n) is 5.04. The minimum Gasteiger partial charge on any atom is -0.308 e. The van der Waals surface area contributed by atoms with Crippen molar-refractivity contribution < 1.29 is 4.79 Å². The number of amides is 2. The Balaban J connectivity index is 1.84. The topological polar surface area (TPSA) is 54.0 Å². The van der Waals surface area contributed by atoms with Crippen molar-refractivity contribution in [1.29, 1.82) is 0 Å². The van der Waals surface area contributed by atoms with Crippen LogP contribution in [0.3, 0.4) is 0 Å². The number of para-hydroxylation sites is 1. The molecule has 2 aromatic carbocycles. The van der Waals surface area contributed by atoms with Crippen molar-refractivity contribution in [2.75, 3.05) is 10.6 Å². The van der Waals surface area contributed by atoms with Gasteiger partial charge in [0.2, 0.25) is 0 Å². The van der Waals surface area contributed by atoms with Crippen LogP contribution in [0.25, 0.3) is 10.9 Å². The fraction of sp³-hybridized carbons (Fsp3) is 0.0588. The van der Waals surface area contributed by atoms with E-state index in [2.05, 4.69) is 15.6 Å². The highest BCUT2D eigenvalue weighted by Gasteiger charge is 2.08. The molecule has 23 heavy (non-hydrogen) atoms. The predicted molar refractivity (Wildman–Crippen MR) is 95.6 cm³/mol. The molecule has 0 aliphatic carbocycles. The van der Waals surface area contributed by atoms with Crippen LogP contribution in [0.15, 0.2) is 48.5 Å². The number of hydrogen-bond acceptors (Lipinski definition) is 2. The van der Waals surface area contributed by atoms with E-state index < -0.39 is 0 Å². The Labute approximate surface area is 143 Å². The van der Waals surface area contributed by atoms with Crippen molar-refractivity contribution >= 4 is 51.5 Å². The molecule has 0 bridgehead atoms. The third-order valence-electron chi connectivity index (χ3n) is 3.27. The molecule has 0 unspecified atom stereocenters. The van der Waals surface area contributed by atoms with Gasteiger partial charge in [0.25, 0.3) is 0 Å². The Morgan fingerprint density at radius 2 is 1.78 bits per heavy atom. The molecular weight excluding hydrogens is 333 g/mol. The number of carbonyl (C=O) groups excluding carboxylic acids is 1. The lowest BCUT2D eigenvalue weighted by Gasteiger charge is -2.11. The molecule has 116 valence electrons. The minimum absolute atomic E-state index is 0.362. The smallest absolute Gasteiger partial charge is 0.308 e. The van der Waals surface area contributed by atoms with Crippen LogP contribution in [0.4, 0.5) is 16.2 Å². The highest BCUT2D eigenvalue weighted by atomic mass is 35.5. The zero-order valence-corrected chi connectivity index (χ0v) is 13.7. The average molecular weight is 346 g/mol. The first-order valence-corrected chi connectivity index (χ1v) is 7.68. The summed E-state index contributed by atoms with van der Waals surface area (Å²) in [5.41, 5.74) is 2.92. The molecule has 1 aromatic heterocycles. The Kier molecular flexibility index (Phi) is 4.37. The number of rotatable bonds is 2. The second-order valence-corrected chi connectivity index (χ2v) is 5.85. The van der Waals surface area contributed by atoms with Crippen LogP contribution >= 0.6 is 23.2 Å². The van der Waals surface area contributed by atoms with Crippen LogP contribution in [-0.4, -0.2) is 11.0 Å². The van der Waals surface area contributed by atoms with E-state index in [9.17, 15) is 4.79 Å². The quantitative estimate of drug-likeness (QED) is 0.644. The summed E-state index contributed by atoms with van der Waals surface area (Å²) in [6.45, 7) is 1.88. The summed E-state index contributed by atoms with van der Waals surface area (Å²) < 4.78 is 0. The lowest BCUT2D eigenvalue weighted by molar-refractivity contribution is 0.262. The highest BCUT2D eigenvalue weighted by Crippen LogP contribution is 2.26. The van der Waals surface area contributed by atoms with Gasteiger partial charge in [-0.3, -0.25) is 4.98 Å². The number of aromatic nitrogens is 1. The normalized spacial score (nSPS) is 10.6. The summed E-state index contributed by atoms with van der Waals surface area (Å²) >= 11 is 11.8. The molecule has 0 saturated carbocycles. The van der Waals surface area contributed by atoms with Gasteiger partial charge in [-0.05, 0) is 37.3 Å². The molecule has 0 radical (unpaired) electrons. The van der Waals surface area contributed by atoms with Gasteiger partial charge in [0.05, 0.1) is 21.2 Å². The van der Waals surface area contributed by atoms with Gasteiger partial charge in [-0.25, -0.2) is 4.79 Å². The Bertz CT molecular complexity index is 896. The largest absolute Gasteiger partial charge is 0.323 e. The standard InChI is InChI=1S/C17H13Cl2N3O/c1-10-8-16(12-4-2-3-5-15(12)20-10)22-17(23)21-11-6-7-13(18)14(19)9-11/h2-9H,1H3,(H2,20,21,22,23). The van der Waals surface area contributed by atoms with E-state index in [1.54, 1.807) is 18.2 Å². The molecule has 0 fully saturated rings. The highest BCUT2D eigenvalue weighted by molar-refractivity contribution is 6.42. The van der Waals surface area contributed by atoms with Gasteiger partial charge >= 0.3 is 6.03 Å². The Hall–Kier alpha value is -2.30. The monoisotopic (exact) mass is 345 g/mol. The molecular formula is C17H13Cl2N3O. The Morgan fingerprint density at radius 1 is 1.00 bits per heavy atom. The van der Waals surface area contributed by atoms with E-state index in [-0.39, 0.29) is 6.03 Å². The van der Waals surface area contributed by atoms with Crippen LogP contribution in [0, 0.1) is 6.92 Å². The second kappa shape index (κ2) is 6.44. The summed E-state index contributed by atoms with van der Waals surface area (Å²) in [7, 11) is 0. The first-order chi connectivity index (χ1) is 11.0. The minimum atomic E-state index is -0.362. The van der Waals surface area contributed by atoms with E-state index >= 15 is 0 Å². The van der Waals surface area contributed by atoms with Gasteiger partial charge in [-0.15, -0.1) is 0 Å². The molecule has 0 saturated heterocycles. The summed E-state index contributed by atoms with van der Waals surface area (Å²) in [5, 5.41) is 7.27. The summed E-state index contributed by atoms with van der Waals surface area (Å²) in [4.78, 5) is 16.7. The van der Waals surface area contributed by atoms with Gasteiger partial charge in [0, 0.05) is 16.8 Å². The molecule has 3 rings (SSSR count). The number of fused-ring (bicyclic) bond motifs is 1. The average Bonchev–Trinajstić information content (AvgIpc) is 2.51. The van der Waals surface area contributed by atoms with Gasteiger partial charge in [0.1, 0.15) is 0 Å². The number of hydrogen-bond donors (Lipinski definition) is 2. The molecule has 0 atom stereocenters. The van der Waals surface area contributed by atoms with Crippen molar-refractivity contribution in [2.45, 2.75) is 6.92 Å². The number of urea groups is 1. The number of benzene rings is 2. The van der Waals surface area contributed by atoms with Crippen LogP contribution < -0.4 is 10.6 Å². The molecule has 2 N–H and O–H groups in total. The van der Waals surface area contributed by atoms with E-state index in [1.807, 2.05) is 37.3 Å². The number of nitrogens with zero attached hydrogens (tertiary/aromatic N) is 1. The van der Waals surface area contributed by atoms with E-state index in [0.717, 1.165) is 16.6 Å². The number of anilines is 2. The van der Waals surface area contributed by atoms with Gasteiger partial charge in [-0.1, -0.05) is 41.4 Å². The maximum Gasteiger partial charge on any atom is 0.323 e. The molecule has 0 aliphatic heterocycles. The summed E-state index contributed by atoms with van der Waals surface area (Å²) in [6, 6.07) is 14.0. The number of nitrogens with one attached hydrogen (secondary N) is 2. The third kappa shape index (κ3) is 3.55. The van der Waals surface area contributed by atoms with Crippen molar-refractivity contribution in [2.24, 2.45) is 0 Å². The molecule has 4 nitrogen and oxygen atoms in total. The van der Waals surface area contributed by atoms with E-state index in [4.69, 9.17) is 23.2 Å². The first-order valence-electron chi connectivity index (χ1n) is 6.92. The van der Waals surface area contributed by atoms with Crippen molar-refractivity contribution in [3.63, 3.8) is 0 Å². The zero-order valence-electron chi connectivity index (χ0n) is 12.2. The first kappa shape index (κ1) is 15.6. The number of aryl methyl sites for hydroxylation is 1. The fourth-order valence-electron chi connectivity index (χ4n) is 2.27. The van der Waals surface area contributed by atoms with Gasteiger partial charge < -0.3 is 10.6 Å². The molecule has 0 aliphatic rings. The van der Waals surface area contributed by atoms with Crippen LogP contribution in [0.2, 0.25) is 10.0 Å². The number of halogens is 2. The van der Waals surface area contributed by atoms with E-state index in [1.165, 1.54) is 0 Å². The van der Waals surface area contributed by atoms with Crippen molar-refractivity contribution in [3.05, 3.63) is 64.3 Å². The lowest BCUT2D eigenvalue weighted by Crippen LogP contribution is -2.19. The van der Waals surface area contributed by atoms with Gasteiger partial charge in [0.15, 0.2) is 0 Å². The SMILES string of the molecule is Cc1cc(NC(=O)Nc2ccc(Cl)c(Cl)c2)c2ccccc2n1. The van der Waals surface area contributed by atoms with Crippen LogP contribution in [0.5, 0.6) is 0 Å². The van der Waals surface area contributed by atoms with E-state index in [0.29, 0.717) is 21.4 Å². The van der Waals surface area contributed by atoms with Crippen molar-refractivity contribution in [1.82, 2.24) is 4.98 Å². The molecule has 3 aromatic rings.